The minimum absolute atomic E-state index is 0.0440. The van der Waals surface area contributed by atoms with E-state index in [1.165, 1.54) is 19.3 Å². The SMILES string of the molecule is N#CNC(=NCCCCCCOc1ccc(Cl)cc1)Nc1cc[n+](COC(=O)OCCCCCCCCCN)cc1. The summed E-state index contributed by atoms with van der Waals surface area (Å²) in [6.45, 7) is 2.41. The van der Waals surface area contributed by atoms with E-state index in [0.717, 1.165) is 69.3 Å². The van der Waals surface area contributed by atoms with E-state index in [2.05, 4.69) is 15.6 Å². The molecule has 1 aromatic carbocycles. The monoisotopic (exact) mass is 587 g/mol. The first-order valence-electron chi connectivity index (χ1n) is 14.4. The maximum atomic E-state index is 11.8. The topological polar surface area (TPSA) is 135 Å². The maximum absolute atomic E-state index is 11.8. The van der Waals surface area contributed by atoms with Crippen LogP contribution in [0, 0.1) is 11.5 Å². The summed E-state index contributed by atoms with van der Waals surface area (Å²) >= 11 is 5.88. The van der Waals surface area contributed by atoms with Gasteiger partial charge in [-0.25, -0.2) is 4.79 Å². The van der Waals surface area contributed by atoms with Gasteiger partial charge in [0.2, 0.25) is 5.96 Å². The molecule has 41 heavy (non-hydrogen) atoms. The number of anilines is 1. The Morgan fingerprint density at radius 3 is 2.20 bits per heavy atom. The number of ether oxygens (including phenoxy) is 3. The molecule has 0 aliphatic heterocycles. The Labute approximate surface area is 248 Å². The van der Waals surface area contributed by atoms with E-state index in [9.17, 15) is 4.79 Å². The van der Waals surface area contributed by atoms with Crippen molar-refractivity contribution in [3.63, 3.8) is 0 Å². The van der Waals surface area contributed by atoms with Crippen LogP contribution in [0.5, 0.6) is 5.75 Å². The number of pyridine rings is 1. The van der Waals surface area contributed by atoms with Crippen LogP contribution in [0.3, 0.4) is 0 Å². The molecule has 0 atom stereocenters. The number of hydrogen-bond donors (Lipinski definition) is 3. The summed E-state index contributed by atoms with van der Waals surface area (Å²) in [5, 5.41) is 15.4. The zero-order valence-electron chi connectivity index (χ0n) is 23.9. The Hall–Kier alpha value is -3.55. The van der Waals surface area contributed by atoms with Crippen LogP contribution in [0.1, 0.15) is 70.6 Å². The van der Waals surface area contributed by atoms with Gasteiger partial charge in [-0.2, -0.15) is 9.83 Å². The largest absolute Gasteiger partial charge is 0.513 e. The molecule has 0 spiro atoms. The lowest BCUT2D eigenvalue weighted by Crippen LogP contribution is -2.35. The van der Waals surface area contributed by atoms with Gasteiger partial charge in [0, 0.05) is 23.7 Å². The number of nitrogens with two attached hydrogens (primary N) is 1. The Morgan fingerprint density at radius 1 is 0.878 bits per heavy atom. The number of aromatic nitrogens is 1. The predicted molar refractivity (Wildman–Crippen MR) is 161 cm³/mol. The number of hydrogen-bond acceptors (Lipinski definition) is 7. The van der Waals surface area contributed by atoms with Crippen LogP contribution in [-0.2, 0) is 16.2 Å². The number of carbonyl (C=O) groups is 1. The maximum Gasteiger partial charge on any atom is 0.513 e. The zero-order chi connectivity index (χ0) is 29.4. The molecule has 10 nitrogen and oxygen atoms in total. The Morgan fingerprint density at radius 2 is 1.51 bits per heavy atom. The van der Waals surface area contributed by atoms with Gasteiger partial charge >= 0.3 is 6.16 Å². The van der Waals surface area contributed by atoms with Gasteiger partial charge in [-0.3, -0.25) is 10.3 Å². The molecule has 2 aromatic rings. The van der Waals surface area contributed by atoms with Crippen LogP contribution < -0.4 is 25.7 Å². The highest BCUT2D eigenvalue weighted by Crippen LogP contribution is 2.16. The van der Waals surface area contributed by atoms with Crippen molar-refractivity contribution in [3.8, 4) is 11.9 Å². The van der Waals surface area contributed by atoms with Crippen molar-refractivity contribution >= 4 is 29.4 Å². The van der Waals surface area contributed by atoms with E-state index < -0.39 is 6.16 Å². The number of nitriles is 1. The van der Waals surface area contributed by atoms with Gasteiger partial charge in [0.1, 0.15) is 5.75 Å². The number of guanidine groups is 1. The molecule has 0 saturated heterocycles. The van der Waals surface area contributed by atoms with E-state index >= 15 is 0 Å². The third kappa shape index (κ3) is 17.0. The summed E-state index contributed by atoms with van der Waals surface area (Å²) in [6.07, 6.45) is 16.3. The molecule has 0 fully saturated rings. The van der Waals surface area contributed by atoms with Crippen LogP contribution in [0.4, 0.5) is 10.5 Å². The van der Waals surface area contributed by atoms with Crippen molar-refractivity contribution in [1.82, 2.24) is 5.32 Å². The van der Waals surface area contributed by atoms with E-state index in [1.807, 2.05) is 30.5 Å². The van der Waals surface area contributed by atoms with Crippen LogP contribution in [0.25, 0.3) is 0 Å². The summed E-state index contributed by atoms with van der Waals surface area (Å²) < 4.78 is 17.7. The quantitative estimate of drug-likeness (QED) is 0.0331. The molecule has 2 rings (SSSR count). The zero-order valence-corrected chi connectivity index (χ0v) is 24.6. The summed E-state index contributed by atoms with van der Waals surface area (Å²) in [5.74, 6) is 1.20. The molecule has 0 amide bonds. The second-order valence-electron chi connectivity index (χ2n) is 9.55. The smallest absolute Gasteiger partial charge is 0.494 e. The molecule has 0 radical (unpaired) electrons. The van der Waals surface area contributed by atoms with Crippen molar-refractivity contribution in [2.75, 3.05) is 31.6 Å². The molecule has 1 aromatic heterocycles. The van der Waals surface area contributed by atoms with Crippen LogP contribution in [0.15, 0.2) is 53.8 Å². The molecule has 0 saturated carbocycles. The number of carbonyl (C=O) groups excluding carboxylic acids is 1. The van der Waals surface area contributed by atoms with Crippen LogP contribution in [0.2, 0.25) is 5.02 Å². The lowest BCUT2D eigenvalue weighted by atomic mass is 10.1. The molecular formula is C30H44ClN6O4+. The number of unbranched alkanes of at least 4 members (excludes halogenated alkanes) is 9. The van der Waals surface area contributed by atoms with Crippen molar-refractivity contribution in [1.29, 1.82) is 5.26 Å². The number of nitrogens with one attached hydrogen (secondary N) is 2. The second kappa shape index (κ2) is 22.2. The summed E-state index contributed by atoms with van der Waals surface area (Å²) in [5.41, 5.74) is 6.24. The second-order valence-corrected chi connectivity index (χ2v) is 9.98. The first kappa shape index (κ1) is 33.7. The average Bonchev–Trinajstić information content (AvgIpc) is 2.98. The van der Waals surface area contributed by atoms with Gasteiger partial charge in [0.05, 0.1) is 18.9 Å². The van der Waals surface area contributed by atoms with Gasteiger partial charge in [-0.1, -0.05) is 50.1 Å². The van der Waals surface area contributed by atoms with Gasteiger partial charge < -0.3 is 25.3 Å². The number of aliphatic imine (C=N–C) groups is 1. The molecule has 0 bridgehead atoms. The lowest BCUT2D eigenvalue weighted by molar-refractivity contribution is -0.727. The molecule has 4 N–H and O–H groups in total. The van der Waals surface area contributed by atoms with Gasteiger partial charge in [-0.05, 0) is 62.9 Å². The molecule has 0 aliphatic carbocycles. The molecule has 224 valence electrons. The molecule has 1 heterocycles. The van der Waals surface area contributed by atoms with E-state index in [4.69, 9.17) is 36.8 Å². The third-order valence-electron chi connectivity index (χ3n) is 6.13. The minimum atomic E-state index is -0.677. The fraction of sp³-hybridized carbons (Fsp3) is 0.533. The standard InChI is InChI=1S/C30H43ClN6O4/c31-26-12-14-28(15-13-26)39-22-10-7-5-9-19-34-29(35-24-33)36-27-16-20-37(21-17-27)25-41-30(38)40-23-11-6-3-1-2-4-8-18-32/h12-17,20-21H,1-11,18-19,22-23,25,32H2,(H,34,35)/p+1. The van der Waals surface area contributed by atoms with E-state index in [0.29, 0.717) is 30.7 Å². The average molecular weight is 588 g/mol. The van der Waals surface area contributed by atoms with Gasteiger partial charge in [0.15, 0.2) is 18.6 Å². The molecule has 0 unspecified atom stereocenters. The fourth-order valence-corrected chi connectivity index (χ4v) is 3.99. The Kier molecular flexibility index (Phi) is 18.2. The normalized spacial score (nSPS) is 11.0. The van der Waals surface area contributed by atoms with E-state index in [-0.39, 0.29) is 6.73 Å². The molecular weight excluding hydrogens is 544 g/mol. The Bertz CT molecular complexity index is 1040. The van der Waals surface area contributed by atoms with Crippen LogP contribution in [-0.4, -0.2) is 38.4 Å². The summed E-state index contributed by atoms with van der Waals surface area (Å²) in [6, 6.07) is 11.0. The first-order valence-corrected chi connectivity index (χ1v) is 14.8. The van der Waals surface area contributed by atoms with Crippen molar-refractivity contribution in [3.05, 3.63) is 53.8 Å². The van der Waals surface area contributed by atoms with Crippen molar-refractivity contribution in [2.45, 2.75) is 77.4 Å². The third-order valence-corrected chi connectivity index (χ3v) is 6.38. The number of rotatable bonds is 20. The fourth-order valence-electron chi connectivity index (χ4n) is 3.86. The van der Waals surface area contributed by atoms with Crippen molar-refractivity contribution < 1.29 is 23.6 Å². The van der Waals surface area contributed by atoms with Crippen LogP contribution >= 0.6 is 11.6 Å². The first-order chi connectivity index (χ1) is 20.1. The van der Waals surface area contributed by atoms with Crippen molar-refractivity contribution in [2.24, 2.45) is 10.7 Å². The number of benzene rings is 1. The molecule has 0 aliphatic rings. The lowest BCUT2D eigenvalue weighted by Gasteiger charge is -2.08. The number of nitrogens with zero attached hydrogens (tertiary/aromatic N) is 3. The summed E-state index contributed by atoms with van der Waals surface area (Å²) in [4.78, 5) is 16.3. The highest BCUT2D eigenvalue weighted by molar-refractivity contribution is 6.30. The minimum Gasteiger partial charge on any atom is -0.494 e. The van der Waals surface area contributed by atoms with Gasteiger partial charge in [0.25, 0.3) is 6.73 Å². The summed E-state index contributed by atoms with van der Waals surface area (Å²) in [7, 11) is 0. The van der Waals surface area contributed by atoms with Gasteiger partial charge in [-0.15, -0.1) is 0 Å². The Balaban J connectivity index is 1.57. The molecule has 11 heteroatoms. The highest BCUT2D eigenvalue weighted by atomic mass is 35.5. The predicted octanol–water partition coefficient (Wildman–Crippen LogP) is 5.91. The number of halogens is 1. The highest BCUT2D eigenvalue weighted by Gasteiger charge is 2.09. The van der Waals surface area contributed by atoms with E-state index in [1.54, 1.807) is 29.1 Å².